The van der Waals surface area contributed by atoms with E-state index in [0.717, 1.165) is 6.42 Å². The fraction of sp³-hybridized carbons (Fsp3) is 0.727. The van der Waals surface area contributed by atoms with E-state index in [4.69, 9.17) is 0 Å². The van der Waals surface area contributed by atoms with Gasteiger partial charge in [0.05, 0.1) is 13.5 Å². The van der Waals surface area contributed by atoms with Crippen molar-refractivity contribution in [1.82, 2.24) is 0 Å². The highest BCUT2D eigenvalue weighted by Gasteiger charge is 2.04. The van der Waals surface area contributed by atoms with Crippen molar-refractivity contribution >= 4 is 5.97 Å². The van der Waals surface area contributed by atoms with E-state index in [0.29, 0.717) is 12.3 Å². The summed E-state index contributed by atoms with van der Waals surface area (Å²) in [6.45, 7) is 4.20. The van der Waals surface area contributed by atoms with Crippen molar-refractivity contribution in [2.24, 2.45) is 5.92 Å². The molecule has 0 aromatic rings. The van der Waals surface area contributed by atoms with Gasteiger partial charge in [-0.1, -0.05) is 38.8 Å². The Kier molecular flexibility index (Phi) is 7.36. The minimum absolute atomic E-state index is 0.132. The van der Waals surface area contributed by atoms with Gasteiger partial charge >= 0.3 is 5.97 Å². The summed E-state index contributed by atoms with van der Waals surface area (Å²) in [5.41, 5.74) is 0. The fourth-order valence-corrected chi connectivity index (χ4v) is 1.06. The number of carbonyl (C=O) groups is 1. The summed E-state index contributed by atoms with van der Waals surface area (Å²) in [5, 5.41) is 0. The zero-order valence-corrected chi connectivity index (χ0v) is 8.88. The van der Waals surface area contributed by atoms with Crippen molar-refractivity contribution in [3.63, 3.8) is 0 Å². The quantitative estimate of drug-likeness (QED) is 0.360. The van der Waals surface area contributed by atoms with Crippen LogP contribution in [0.2, 0.25) is 0 Å². The van der Waals surface area contributed by atoms with Crippen LogP contribution in [0.1, 0.15) is 39.5 Å². The molecule has 0 bridgehead atoms. The molecule has 76 valence electrons. The number of carbonyl (C=O) groups excluding carboxylic acids is 1. The molecule has 0 spiro atoms. The second-order valence-corrected chi connectivity index (χ2v) is 3.33. The number of unbranched alkanes of at least 4 members (excludes halogenated alkanes) is 2. The number of hydrogen-bond acceptors (Lipinski definition) is 2. The Morgan fingerprint density at radius 3 is 2.77 bits per heavy atom. The highest BCUT2D eigenvalue weighted by atomic mass is 16.5. The average molecular weight is 184 g/mol. The van der Waals surface area contributed by atoms with Crippen LogP contribution in [0, 0.1) is 5.92 Å². The molecule has 0 N–H and O–H groups in total. The number of allylic oxidation sites excluding steroid dienone is 2. The number of esters is 1. The Balaban J connectivity index is 3.54. The maximum atomic E-state index is 10.9. The maximum absolute atomic E-state index is 10.9. The molecule has 13 heavy (non-hydrogen) atoms. The summed E-state index contributed by atoms with van der Waals surface area (Å²) in [6.07, 6.45) is 8.28. The lowest BCUT2D eigenvalue weighted by molar-refractivity contribution is -0.141. The molecule has 0 fully saturated rings. The molecule has 0 aliphatic rings. The van der Waals surface area contributed by atoms with Crippen LogP contribution in [0.3, 0.4) is 0 Å². The smallest absolute Gasteiger partial charge is 0.306 e. The van der Waals surface area contributed by atoms with Crippen LogP contribution in [0.15, 0.2) is 12.2 Å². The fourth-order valence-electron chi connectivity index (χ4n) is 1.06. The van der Waals surface area contributed by atoms with Crippen LogP contribution in [0.5, 0.6) is 0 Å². The number of methoxy groups -OCH3 is 1. The lowest BCUT2D eigenvalue weighted by Gasteiger charge is -2.03. The van der Waals surface area contributed by atoms with Crippen LogP contribution in [0.25, 0.3) is 0 Å². The minimum Gasteiger partial charge on any atom is -0.469 e. The molecule has 2 heteroatoms. The molecule has 2 nitrogen and oxygen atoms in total. The summed E-state index contributed by atoms with van der Waals surface area (Å²) in [4.78, 5) is 10.9. The van der Waals surface area contributed by atoms with E-state index in [-0.39, 0.29) is 5.97 Å². The van der Waals surface area contributed by atoms with E-state index in [1.54, 1.807) is 0 Å². The standard InChI is InChI=1S/C11H20O2/c1-4-5-6-7-8-10(2)9-11(12)13-3/h7-8,10H,4-6,9H2,1-3H3/b8-7+. The monoisotopic (exact) mass is 184 g/mol. The molecule has 0 aliphatic heterocycles. The van der Waals surface area contributed by atoms with Gasteiger partial charge in [-0.05, 0) is 12.3 Å². The third-order valence-corrected chi connectivity index (χ3v) is 1.91. The van der Waals surface area contributed by atoms with Gasteiger partial charge in [0.15, 0.2) is 0 Å². The highest BCUT2D eigenvalue weighted by molar-refractivity contribution is 5.69. The molecule has 0 saturated carbocycles. The summed E-state index contributed by atoms with van der Waals surface area (Å²) < 4.78 is 4.58. The van der Waals surface area contributed by atoms with Gasteiger partial charge in [0.25, 0.3) is 0 Å². The van der Waals surface area contributed by atoms with E-state index in [9.17, 15) is 4.79 Å². The van der Waals surface area contributed by atoms with Crippen molar-refractivity contribution in [3.8, 4) is 0 Å². The number of ether oxygens (including phenoxy) is 1. The maximum Gasteiger partial charge on any atom is 0.306 e. The van der Waals surface area contributed by atoms with E-state index in [2.05, 4.69) is 23.8 Å². The van der Waals surface area contributed by atoms with Gasteiger partial charge < -0.3 is 4.74 Å². The molecule has 1 atom stereocenters. The Bertz CT molecular complexity index is 161. The Morgan fingerprint density at radius 2 is 2.23 bits per heavy atom. The highest BCUT2D eigenvalue weighted by Crippen LogP contribution is 2.06. The van der Waals surface area contributed by atoms with Gasteiger partial charge in [-0.15, -0.1) is 0 Å². The molecule has 1 unspecified atom stereocenters. The molecule has 0 radical (unpaired) electrons. The first-order chi connectivity index (χ1) is 6.20. The summed E-state index contributed by atoms with van der Waals surface area (Å²) >= 11 is 0. The largest absolute Gasteiger partial charge is 0.469 e. The first-order valence-corrected chi connectivity index (χ1v) is 4.94. The molecule has 0 aromatic heterocycles. The average Bonchev–Trinajstić information content (AvgIpc) is 2.12. The first-order valence-electron chi connectivity index (χ1n) is 4.94. The van der Waals surface area contributed by atoms with Crippen molar-refractivity contribution in [1.29, 1.82) is 0 Å². The molecule has 0 aromatic carbocycles. The van der Waals surface area contributed by atoms with Gasteiger partial charge in [-0.25, -0.2) is 0 Å². The Labute approximate surface area is 81.0 Å². The SMILES string of the molecule is CCCC/C=C/C(C)CC(=O)OC. The van der Waals surface area contributed by atoms with Crippen LogP contribution >= 0.6 is 0 Å². The molecule has 0 rings (SSSR count). The Morgan fingerprint density at radius 1 is 1.54 bits per heavy atom. The topological polar surface area (TPSA) is 26.3 Å². The van der Waals surface area contributed by atoms with Gasteiger partial charge in [0, 0.05) is 0 Å². The van der Waals surface area contributed by atoms with E-state index in [1.165, 1.54) is 20.0 Å². The lowest BCUT2D eigenvalue weighted by atomic mass is 10.1. The van der Waals surface area contributed by atoms with Crippen molar-refractivity contribution < 1.29 is 9.53 Å². The van der Waals surface area contributed by atoms with Gasteiger partial charge in [-0.2, -0.15) is 0 Å². The Hall–Kier alpha value is -0.790. The van der Waals surface area contributed by atoms with Crippen molar-refractivity contribution in [2.75, 3.05) is 7.11 Å². The van der Waals surface area contributed by atoms with Crippen LogP contribution in [-0.4, -0.2) is 13.1 Å². The predicted molar refractivity (Wildman–Crippen MR) is 54.5 cm³/mol. The van der Waals surface area contributed by atoms with Crippen molar-refractivity contribution in [3.05, 3.63) is 12.2 Å². The van der Waals surface area contributed by atoms with E-state index < -0.39 is 0 Å². The second-order valence-electron chi connectivity index (χ2n) is 3.33. The molecular weight excluding hydrogens is 164 g/mol. The first kappa shape index (κ1) is 12.2. The molecular formula is C11H20O2. The summed E-state index contributed by atoms with van der Waals surface area (Å²) in [5.74, 6) is 0.164. The third-order valence-electron chi connectivity index (χ3n) is 1.91. The van der Waals surface area contributed by atoms with Crippen LogP contribution in [0.4, 0.5) is 0 Å². The van der Waals surface area contributed by atoms with Gasteiger partial charge in [-0.3, -0.25) is 4.79 Å². The molecule has 0 heterocycles. The summed E-state index contributed by atoms with van der Waals surface area (Å²) in [7, 11) is 1.43. The molecule has 0 aliphatic carbocycles. The number of hydrogen-bond donors (Lipinski definition) is 0. The van der Waals surface area contributed by atoms with E-state index >= 15 is 0 Å². The van der Waals surface area contributed by atoms with Crippen LogP contribution in [-0.2, 0) is 9.53 Å². The van der Waals surface area contributed by atoms with Gasteiger partial charge in [0.2, 0.25) is 0 Å². The van der Waals surface area contributed by atoms with E-state index in [1.807, 2.05) is 6.92 Å². The predicted octanol–water partition coefficient (Wildman–Crippen LogP) is 2.93. The second kappa shape index (κ2) is 7.84. The molecule has 0 amide bonds. The zero-order valence-electron chi connectivity index (χ0n) is 8.88. The zero-order chi connectivity index (χ0) is 10.1. The molecule has 0 saturated heterocycles. The number of rotatable bonds is 6. The normalized spacial score (nSPS) is 13.2. The lowest BCUT2D eigenvalue weighted by Crippen LogP contribution is -2.04. The summed E-state index contributed by atoms with van der Waals surface area (Å²) in [6, 6.07) is 0. The third kappa shape index (κ3) is 7.57. The minimum atomic E-state index is -0.132. The van der Waals surface area contributed by atoms with Crippen LogP contribution < -0.4 is 0 Å². The van der Waals surface area contributed by atoms with Crippen molar-refractivity contribution in [2.45, 2.75) is 39.5 Å². The van der Waals surface area contributed by atoms with Gasteiger partial charge in [0.1, 0.15) is 0 Å².